The van der Waals surface area contributed by atoms with Gasteiger partial charge in [-0.3, -0.25) is 0 Å². The molecule has 0 bridgehead atoms. The lowest BCUT2D eigenvalue weighted by Crippen LogP contribution is -2.18. The summed E-state index contributed by atoms with van der Waals surface area (Å²) in [6.45, 7) is 4.46. The second-order valence-corrected chi connectivity index (χ2v) is 7.12. The van der Waals surface area contributed by atoms with Gasteiger partial charge in [0.2, 0.25) is 0 Å². The molecule has 2 atom stereocenters. The van der Waals surface area contributed by atoms with Crippen LogP contribution in [0.1, 0.15) is 42.5 Å². The second kappa shape index (κ2) is 5.63. The van der Waals surface area contributed by atoms with Gasteiger partial charge in [0.15, 0.2) is 0 Å². The lowest BCUT2D eigenvalue weighted by Gasteiger charge is -2.16. The summed E-state index contributed by atoms with van der Waals surface area (Å²) in [4.78, 5) is 1.32. The van der Waals surface area contributed by atoms with Crippen LogP contribution in [0.25, 0.3) is 0 Å². The topological polar surface area (TPSA) is 26.0 Å². The van der Waals surface area contributed by atoms with E-state index in [-0.39, 0.29) is 6.04 Å². The molecule has 0 aliphatic heterocycles. The Hall–Kier alpha value is -1.25. The van der Waals surface area contributed by atoms with Crippen molar-refractivity contribution in [2.45, 2.75) is 42.4 Å². The van der Waals surface area contributed by atoms with Crippen molar-refractivity contribution < 1.29 is 0 Å². The zero-order valence-electron chi connectivity index (χ0n) is 12.0. The lowest BCUT2D eigenvalue weighted by molar-refractivity contribution is 0.731. The van der Waals surface area contributed by atoms with Crippen molar-refractivity contribution in [2.75, 3.05) is 0 Å². The molecular formula is C18H21NS. The van der Waals surface area contributed by atoms with Crippen LogP contribution in [-0.2, 0) is 6.42 Å². The maximum absolute atomic E-state index is 6.40. The maximum atomic E-state index is 6.40. The van der Waals surface area contributed by atoms with E-state index in [4.69, 9.17) is 5.73 Å². The summed E-state index contributed by atoms with van der Waals surface area (Å²) in [7, 11) is 0. The number of hydrogen-bond donors (Lipinski definition) is 1. The summed E-state index contributed by atoms with van der Waals surface area (Å²) in [5, 5.41) is 0.456. The highest BCUT2D eigenvalue weighted by Crippen LogP contribution is 2.40. The minimum atomic E-state index is 0.154. The monoisotopic (exact) mass is 283 g/mol. The van der Waals surface area contributed by atoms with Gasteiger partial charge in [0, 0.05) is 16.2 Å². The van der Waals surface area contributed by atoms with Crippen molar-refractivity contribution in [2.24, 2.45) is 5.73 Å². The van der Waals surface area contributed by atoms with E-state index in [0.717, 1.165) is 6.42 Å². The quantitative estimate of drug-likeness (QED) is 0.895. The van der Waals surface area contributed by atoms with E-state index in [0.29, 0.717) is 11.2 Å². The van der Waals surface area contributed by atoms with Crippen molar-refractivity contribution in [3.63, 3.8) is 0 Å². The summed E-state index contributed by atoms with van der Waals surface area (Å²) in [5.41, 5.74) is 10.5. The minimum Gasteiger partial charge on any atom is -0.323 e. The van der Waals surface area contributed by atoms with Crippen LogP contribution in [0.15, 0.2) is 53.4 Å². The standard InChI is InChI=1S/C18H21NS/c1-12(2)13-7-9-15(10-8-13)20-17-11-14-5-3-4-6-16(14)18(17)19/h3-10,12,17-18H,11,19H2,1-2H3. The van der Waals surface area contributed by atoms with Gasteiger partial charge in [0.25, 0.3) is 0 Å². The highest BCUT2D eigenvalue weighted by atomic mass is 32.2. The minimum absolute atomic E-state index is 0.154. The first kappa shape index (κ1) is 13.7. The van der Waals surface area contributed by atoms with E-state index in [2.05, 4.69) is 62.4 Å². The van der Waals surface area contributed by atoms with E-state index < -0.39 is 0 Å². The van der Waals surface area contributed by atoms with Crippen molar-refractivity contribution >= 4 is 11.8 Å². The molecule has 1 aliphatic carbocycles. The van der Waals surface area contributed by atoms with Gasteiger partial charge in [-0.15, -0.1) is 11.8 Å². The third kappa shape index (κ3) is 2.63. The molecule has 104 valence electrons. The Labute approximate surface area is 125 Å². The molecule has 2 N–H and O–H groups in total. The summed E-state index contributed by atoms with van der Waals surface area (Å²) in [5.74, 6) is 0.590. The van der Waals surface area contributed by atoms with Gasteiger partial charge < -0.3 is 5.73 Å². The largest absolute Gasteiger partial charge is 0.323 e. The van der Waals surface area contributed by atoms with E-state index in [1.54, 1.807) is 0 Å². The fourth-order valence-electron chi connectivity index (χ4n) is 2.81. The van der Waals surface area contributed by atoms with Gasteiger partial charge in [0.05, 0.1) is 0 Å². The van der Waals surface area contributed by atoms with Gasteiger partial charge in [-0.25, -0.2) is 0 Å². The van der Waals surface area contributed by atoms with Gasteiger partial charge in [-0.05, 0) is 41.2 Å². The van der Waals surface area contributed by atoms with Crippen LogP contribution in [0.5, 0.6) is 0 Å². The van der Waals surface area contributed by atoms with Crippen LogP contribution in [-0.4, -0.2) is 5.25 Å². The van der Waals surface area contributed by atoms with Crippen LogP contribution < -0.4 is 5.73 Å². The van der Waals surface area contributed by atoms with Crippen LogP contribution >= 0.6 is 11.8 Å². The number of benzene rings is 2. The van der Waals surface area contributed by atoms with E-state index in [1.807, 2.05) is 11.8 Å². The summed E-state index contributed by atoms with van der Waals surface area (Å²) in [6.07, 6.45) is 1.08. The average Bonchev–Trinajstić information content (AvgIpc) is 2.77. The Kier molecular flexibility index (Phi) is 3.86. The van der Waals surface area contributed by atoms with Crippen LogP contribution in [0.2, 0.25) is 0 Å². The molecule has 3 rings (SSSR count). The molecule has 0 fully saturated rings. The van der Waals surface area contributed by atoms with Crippen molar-refractivity contribution in [1.29, 1.82) is 0 Å². The first-order valence-electron chi connectivity index (χ1n) is 7.25. The molecule has 0 heterocycles. The van der Waals surface area contributed by atoms with Gasteiger partial charge in [-0.1, -0.05) is 50.2 Å². The SMILES string of the molecule is CC(C)c1ccc(SC2Cc3ccccc3C2N)cc1. The molecule has 1 aliphatic rings. The van der Waals surface area contributed by atoms with Crippen molar-refractivity contribution in [3.8, 4) is 0 Å². The molecule has 0 saturated heterocycles. The second-order valence-electron chi connectivity index (χ2n) is 5.81. The predicted octanol–water partition coefficient (Wildman–Crippen LogP) is 4.53. The number of thioether (sulfide) groups is 1. The highest BCUT2D eigenvalue weighted by Gasteiger charge is 2.29. The first-order chi connectivity index (χ1) is 9.65. The molecule has 1 nitrogen and oxygen atoms in total. The molecule has 2 aromatic rings. The molecule has 0 radical (unpaired) electrons. The fourth-order valence-corrected chi connectivity index (χ4v) is 4.01. The Morgan fingerprint density at radius 2 is 1.75 bits per heavy atom. The average molecular weight is 283 g/mol. The van der Waals surface area contributed by atoms with E-state index >= 15 is 0 Å². The molecule has 0 amide bonds. The molecule has 0 spiro atoms. The van der Waals surface area contributed by atoms with Crippen molar-refractivity contribution in [1.82, 2.24) is 0 Å². The molecule has 0 aromatic heterocycles. The molecule has 20 heavy (non-hydrogen) atoms. The van der Waals surface area contributed by atoms with E-state index in [9.17, 15) is 0 Å². The number of rotatable bonds is 3. The van der Waals surface area contributed by atoms with Gasteiger partial charge in [0.1, 0.15) is 0 Å². The molecule has 2 unspecified atom stereocenters. The zero-order chi connectivity index (χ0) is 14.1. The Bertz CT molecular complexity index is 589. The number of hydrogen-bond acceptors (Lipinski definition) is 2. The zero-order valence-corrected chi connectivity index (χ0v) is 12.9. The molecule has 0 saturated carbocycles. The van der Waals surface area contributed by atoms with Gasteiger partial charge in [-0.2, -0.15) is 0 Å². The Morgan fingerprint density at radius 1 is 1.05 bits per heavy atom. The fraction of sp³-hybridized carbons (Fsp3) is 0.333. The van der Waals surface area contributed by atoms with Crippen molar-refractivity contribution in [3.05, 3.63) is 65.2 Å². The summed E-state index contributed by atoms with van der Waals surface area (Å²) < 4.78 is 0. The number of fused-ring (bicyclic) bond motifs is 1. The van der Waals surface area contributed by atoms with E-state index in [1.165, 1.54) is 21.6 Å². The third-order valence-corrected chi connectivity index (χ3v) is 5.38. The highest BCUT2D eigenvalue weighted by molar-refractivity contribution is 8.00. The Morgan fingerprint density at radius 3 is 2.40 bits per heavy atom. The Balaban J connectivity index is 1.73. The smallest absolute Gasteiger partial charge is 0.0425 e. The lowest BCUT2D eigenvalue weighted by atomic mass is 10.0. The number of nitrogens with two attached hydrogens (primary N) is 1. The normalized spacial score (nSPS) is 21.2. The summed E-state index contributed by atoms with van der Waals surface area (Å²) in [6, 6.07) is 17.7. The predicted molar refractivity (Wildman–Crippen MR) is 87.3 cm³/mol. The third-order valence-electron chi connectivity index (χ3n) is 4.07. The molecule has 2 heteroatoms. The summed E-state index contributed by atoms with van der Waals surface area (Å²) >= 11 is 1.91. The van der Waals surface area contributed by atoms with Crippen LogP contribution in [0.4, 0.5) is 0 Å². The van der Waals surface area contributed by atoms with Gasteiger partial charge >= 0.3 is 0 Å². The van der Waals surface area contributed by atoms with Crippen LogP contribution in [0.3, 0.4) is 0 Å². The maximum Gasteiger partial charge on any atom is 0.0425 e. The van der Waals surface area contributed by atoms with Crippen LogP contribution in [0, 0.1) is 0 Å². The molecule has 2 aromatic carbocycles. The molecular weight excluding hydrogens is 262 g/mol. The first-order valence-corrected chi connectivity index (χ1v) is 8.13.